The summed E-state index contributed by atoms with van der Waals surface area (Å²) in [5, 5.41) is 10.5. The highest BCUT2D eigenvalue weighted by atomic mass is 35.5. The SMILES string of the molecule is Cc1ccnc(CC2(O)CCN(C)CC2)c1.Cl. The zero-order chi connectivity index (χ0) is 11.6. The third-order valence-electron chi connectivity index (χ3n) is 3.40. The van der Waals surface area contributed by atoms with Crippen LogP contribution in [0, 0.1) is 6.92 Å². The van der Waals surface area contributed by atoms with E-state index in [1.807, 2.05) is 12.3 Å². The van der Waals surface area contributed by atoms with Gasteiger partial charge in [-0.1, -0.05) is 0 Å². The lowest BCUT2D eigenvalue weighted by atomic mass is 9.87. The highest BCUT2D eigenvalue weighted by Gasteiger charge is 2.31. The van der Waals surface area contributed by atoms with Gasteiger partial charge < -0.3 is 10.0 Å². The van der Waals surface area contributed by atoms with E-state index in [4.69, 9.17) is 0 Å². The van der Waals surface area contributed by atoms with E-state index in [1.54, 1.807) is 0 Å². The van der Waals surface area contributed by atoms with Gasteiger partial charge in [0.1, 0.15) is 0 Å². The highest BCUT2D eigenvalue weighted by Crippen LogP contribution is 2.25. The molecule has 0 amide bonds. The van der Waals surface area contributed by atoms with Gasteiger partial charge in [-0.05, 0) is 44.5 Å². The molecule has 2 heterocycles. The fraction of sp³-hybridized carbons (Fsp3) is 0.615. The molecule has 0 aliphatic carbocycles. The number of halogens is 1. The van der Waals surface area contributed by atoms with Gasteiger partial charge in [-0.15, -0.1) is 12.4 Å². The Labute approximate surface area is 109 Å². The standard InChI is InChI=1S/C13H20N2O.ClH/c1-11-3-6-14-12(9-11)10-13(16)4-7-15(2)8-5-13;/h3,6,9,16H,4-5,7-8,10H2,1-2H3;1H. The maximum Gasteiger partial charge on any atom is 0.0727 e. The summed E-state index contributed by atoms with van der Waals surface area (Å²) in [7, 11) is 2.10. The predicted octanol–water partition coefficient (Wildman–Crippen LogP) is 1.81. The molecule has 3 nitrogen and oxygen atoms in total. The fourth-order valence-corrected chi connectivity index (χ4v) is 2.24. The normalized spacial score (nSPS) is 19.7. The summed E-state index contributed by atoms with van der Waals surface area (Å²) >= 11 is 0. The zero-order valence-electron chi connectivity index (χ0n) is 10.5. The number of piperidine rings is 1. The zero-order valence-corrected chi connectivity index (χ0v) is 11.3. The molecule has 96 valence electrons. The molecular weight excluding hydrogens is 236 g/mol. The Morgan fingerprint density at radius 3 is 2.65 bits per heavy atom. The van der Waals surface area contributed by atoms with Crippen LogP contribution < -0.4 is 0 Å². The van der Waals surface area contributed by atoms with E-state index in [-0.39, 0.29) is 12.4 Å². The van der Waals surface area contributed by atoms with Crippen molar-refractivity contribution in [1.29, 1.82) is 0 Å². The first-order valence-corrected chi connectivity index (χ1v) is 5.90. The van der Waals surface area contributed by atoms with Crippen molar-refractivity contribution >= 4 is 12.4 Å². The Morgan fingerprint density at radius 1 is 1.41 bits per heavy atom. The second kappa shape index (κ2) is 5.80. The Hall–Kier alpha value is -0.640. The number of likely N-dealkylation sites (tertiary alicyclic amines) is 1. The molecule has 1 saturated heterocycles. The van der Waals surface area contributed by atoms with Gasteiger partial charge in [-0.3, -0.25) is 4.98 Å². The monoisotopic (exact) mass is 256 g/mol. The Balaban J connectivity index is 0.00000144. The molecule has 0 spiro atoms. The Kier molecular flexibility index (Phi) is 4.92. The number of pyridine rings is 1. The molecule has 0 atom stereocenters. The summed E-state index contributed by atoms with van der Waals surface area (Å²) in [6.45, 7) is 4.01. The molecule has 1 aromatic heterocycles. The summed E-state index contributed by atoms with van der Waals surface area (Å²) < 4.78 is 0. The molecule has 4 heteroatoms. The van der Waals surface area contributed by atoms with Crippen LogP contribution in [0.15, 0.2) is 18.3 Å². The first-order valence-electron chi connectivity index (χ1n) is 5.90. The van der Waals surface area contributed by atoms with E-state index in [0.29, 0.717) is 6.42 Å². The quantitative estimate of drug-likeness (QED) is 0.877. The minimum atomic E-state index is -0.548. The number of aromatic nitrogens is 1. The average Bonchev–Trinajstić information content (AvgIpc) is 2.23. The van der Waals surface area contributed by atoms with Gasteiger partial charge in [-0.25, -0.2) is 0 Å². The van der Waals surface area contributed by atoms with Gasteiger partial charge in [0.15, 0.2) is 0 Å². The third-order valence-corrected chi connectivity index (χ3v) is 3.40. The molecule has 1 aliphatic rings. The average molecular weight is 257 g/mol. The molecule has 1 fully saturated rings. The summed E-state index contributed by atoms with van der Waals surface area (Å²) in [5.74, 6) is 0. The van der Waals surface area contributed by atoms with Gasteiger partial charge in [0, 0.05) is 31.4 Å². The number of aryl methyl sites for hydroxylation is 1. The van der Waals surface area contributed by atoms with Gasteiger partial charge in [0.05, 0.1) is 5.60 Å². The predicted molar refractivity (Wildman–Crippen MR) is 71.6 cm³/mol. The summed E-state index contributed by atoms with van der Waals surface area (Å²) in [4.78, 5) is 6.59. The van der Waals surface area contributed by atoms with Crippen molar-refractivity contribution < 1.29 is 5.11 Å². The van der Waals surface area contributed by atoms with Crippen LogP contribution in [0.1, 0.15) is 24.1 Å². The Morgan fingerprint density at radius 2 is 2.06 bits per heavy atom. The molecule has 17 heavy (non-hydrogen) atoms. The number of hydrogen-bond donors (Lipinski definition) is 1. The molecule has 0 aromatic carbocycles. The molecule has 1 N–H and O–H groups in total. The van der Waals surface area contributed by atoms with Gasteiger partial charge in [-0.2, -0.15) is 0 Å². The lowest BCUT2D eigenvalue weighted by molar-refractivity contribution is -0.0157. The summed E-state index contributed by atoms with van der Waals surface area (Å²) in [6.07, 6.45) is 4.20. The van der Waals surface area contributed by atoms with Gasteiger partial charge in [0.25, 0.3) is 0 Å². The molecule has 1 aromatic rings. The van der Waals surface area contributed by atoms with Crippen LogP contribution in [0.5, 0.6) is 0 Å². The van der Waals surface area contributed by atoms with E-state index in [0.717, 1.165) is 31.6 Å². The minimum absolute atomic E-state index is 0. The number of nitrogens with zero attached hydrogens (tertiary/aromatic N) is 2. The molecule has 0 bridgehead atoms. The first kappa shape index (κ1) is 14.4. The lowest BCUT2D eigenvalue weighted by Crippen LogP contribution is -2.44. The van der Waals surface area contributed by atoms with Crippen LogP contribution in [0.25, 0.3) is 0 Å². The molecule has 0 radical (unpaired) electrons. The summed E-state index contributed by atoms with van der Waals surface area (Å²) in [6, 6.07) is 4.05. The molecular formula is C13H21ClN2O. The van der Waals surface area contributed by atoms with Crippen LogP contribution in [-0.2, 0) is 6.42 Å². The number of rotatable bonds is 2. The Bertz CT molecular complexity index is 362. The molecule has 0 unspecified atom stereocenters. The smallest absolute Gasteiger partial charge is 0.0727 e. The van der Waals surface area contributed by atoms with Crippen molar-refractivity contribution in [2.75, 3.05) is 20.1 Å². The maximum absolute atomic E-state index is 10.5. The largest absolute Gasteiger partial charge is 0.389 e. The fourth-order valence-electron chi connectivity index (χ4n) is 2.24. The van der Waals surface area contributed by atoms with E-state index in [1.165, 1.54) is 5.56 Å². The summed E-state index contributed by atoms with van der Waals surface area (Å²) in [5.41, 5.74) is 1.67. The van der Waals surface area contributed by atoms with Crippen molar-refractivity contribution in [3.05, 3.63) is 29.6 Å². The number of hydrogen-bond acceptors (Lipinski definition) is 3. The first-order chi connectivity index (χ1) is 7.57. The van der Waals surface area contributed by atoms with Crippen LogP contribution in [-0.4, -0.2) is 40.7 Å². The van der Waals surface area contributed by atoms with E-state index in [9.17, 15) is 5.11 Å². The van der Waals surface area contributed by atoms with E-state index >= 15 is 0 Å². The highest BCUT2D eigenvalue weighted by molar-refractivity contribution is 5.85. The maximum atomic E-state index is 10.5. The molecule has 1 aliphatic heterocycles. The van der Waals surface area contributed by atoms with Crippen LogP contribution >= 0.6 is 12.4 Å². The topological polar surface area (TPSA) is 36.4 Å². The number of aliphatic hydroxyl groups is 1. The van der Waals surface area contributed by atoms with Crippen molar-refractivity contribution in [1.82, 2.24) is 9.88 Å². The van der Waals surface area contributed by atoms with Crippen LogP contribution in [0.4, 0.5) is 0 Å². The minimum Gasteiger partial charge on any atom is -0.389 e. The van der Waals surface area contributed by atoms with Crippen molar-refractivity contribution in [3.8, 4) is 0 Å². The van der Waals surface area contributed by atoms with Gasteiger partial charge in [0.2, 0.25) is 0 Å². The third kappa shape index (κ3) is 3.95. The van der Waals surface area contributed by atoms with E-state index in [2.05, 4.69) is 29.9 Å². The van der Waals surface area contributed by atoms with Crippen molar-refractivity contribution in [2.24, 2.45) is 0 Å². The van der Waals surface area contributed by atoms with Crippen LogP contribution in [0.3, 0.4) is 0 Å². The van der Waals surface area contributed by atoms with E-state index < -0.39 is 5.60 Å². The van der Waals surface area contributed by atoms with Crippen LogP contribution in [0.2, 0.25) is 0 Å². The molecule has 2 rings (SSSR count). The lowest BCUT2D eigenvalue weighted by Gasteiger charge is -2.36. The second-order valence-corrected chi connectivity index (χ2v) is 5.03. The second-order valence-electron chi connectivity index (χ2n) is 5.03. The molecule has 0 saturated carbocycles. The van der Waals surface area contributed by atoms with Crippen molar-refractivity contribution in [3.63, 3.8) is 0 Å². The van der Waals surface area contributed by atoms with Crippen molar-refractivity contribution in [2.45, 2.75) is 31.8 Å². The van der Waals surface area contributed by atoms with Gasteiger partial charge >= 0.3 is 0 Å².